The predicted octanol–water partition coefficient (Wildman–Crippen LogP) is 2.65. The van der Waals surface area contributed by atoms with Crippen molar-refractivity contribution in [1.29, 1.82) is 0 Å². The van der Waals surface area contributed by atoms with Crippen molar-refractivity contribution in [3.05, 3.63) is 65.7 Å². The molecule has 0 saturated heterocycles. The zero-order valence-electron chi connectivity index (χ0n) is 25.1. The molecule has 0 bridgehead atoms. The van der Waals surface area contributed by atoms with Gasteiger partial charge in [0.2, 0.25) is 12.2 Å². The number of carbonyl (C=O) groups excluding carboxylic acids is 6. The van der Waals surface area contributed by atoms with Crippen LogP contribution in [0.25, 0.3) is 0 Å². The lowest BCUT2D eigenvalue weighted by molar-refractivity contribution is -0.173. The summed E-state index contributed by atoms with van der Waals surface area (Å²) in [5, 5.41) is 4.97. The molecule has 0 spiro atoms. The van der Waals surface area contributed by atoms with Crippen LogP contribution in [0.3, 0.4) is 0 Å². The first-order chi connectivity index (χ1) is 20.5. The molecule has 2 aromatic carbocycles. The zero-order valence-corrected chi connectivity index (χ0v) is 25.1. The third-order valence-electron chi connectivity index (χ3n) is 6.11. The Hall–Kier alpha value is -4.74. The summed E-state index contributed by atoms with van der Waals surface area (Å²) in [6.45, 7) is 7.09. The number of amides is 3. The average Bonchev–Trinajstić information content (AvgIpc) is 2.98. The Morgan fingerprint density at radius 1 is 0.791 bits per heavy atom. The molecule has 0 saturated carbocycles. The first kappa shape index (κ1) is 34.5. The van der Waals surface area contributed by atoms with E-state index in [1.165, 1.54) is 12.1 Å². The molecule has 0 aromatic heterocycles. The summed E-state index contributed by atoms with van der Waals surface area (Å²) < 4.78 is 15.1. The van der Waals surface area contributed by atoms with Crippen molar-refractivity contribution in [2.24, 2.45) is 0 Å². The molecule has 12 heteroatoms. The van der Waals surface area contributed by atoms with Gasteiger partial charge in [-0.1, -0.05) is 50.2 Å². The highest BCUT2D eigenvalue weighted by atomic mass is 16.6. The maximum atomic E-state index is 13.4. The molecule has 43 heavy (non-hydrogen) atoms. The lowest BCUT2D eigenvalue weighted by atomic mass is 10.0. The molecule has 2 rings (SSSR count). The topological polar surface area (TPSA) is 157 Å². The van der Waals surface area contributed by atoms with E-state index in [1.54, 1.807) is 47.4 Å². The van der Waals surface area contributed by atoms with Crippen molar-refractivity contribution in [3.8, 4) is 0 Å². The largest absolute Gasteiger partial charge is 0.467 e. The maximum absolute atomic E-state index is 13.4. The molecule has 2 aromatic rings. The third kappa shape index (κ3) is 10.9. The van der Waals surface area contributed by atoms with Crippen LogP contribution in [0.5, 0.6) is 0 Å². The van der Waals surface area contributed by atoms with Crippen molar-refractivity contribution in [1.82, 2.24) is 10.2 Å². The van der Waals surface area contributed by atoms with E-state index in [-0.39, 0.29) is 18.0 Å². The number of carbonyl (C=O) groups is 6. The number of hydrogen-bond acceptors (Lipinski definition) is 9. The summed E-state index contributed by atoms with van der Waals surface area (Å²) in [4.78, 5) is 78.1. The fourth-order valence-electron chi connectivity index (χ4n) is 4.28. The standard InChI is InChI=1S/C31H39N3O9/c1-6-16-34(17-7-2)30(39)23-14-11-15-24(19-23)32-28(37)26(42-20(3)35)27(43-21(4)36)29(38)33-25(31(40)41-5)18-22-12-9-8-10-13-22/h8-15,19,25-27H,6-7,16-18H2,1-5H3,(H,32,37)(H,33,38)/t25-,26-,27?/m1/s1. The van der Waals surface area contributed by atoms with Crippen LogP contribution in [0.15, 0.2) is 54.6 Å². The summed E-state index contributed by atoms with van der Waals surface area (Å²) in [7, 11) is 1.15. The van der Waals surface area contributed by atoms with E-state index in [2.05, 4.69) is 10.6 Å². The van der Waals surface area contributed by atoms with Crippen LogP contribution in [-0.4, -0.2) is 79.0 Å². The smallest absolute Gasteiger partial charge is 0.328 e. The molecule has 12 nitrogen and oxygen atoms in total. The Labute approximate surface area is 251 Å². The third-order valence-corrected chi connectivity index (χ3v) is 6.11. The normalized spacial score (nSPS) is 12.6. The van der Waals surface area contributed by atoms with E-state index in [0.29, 0.717) is 24.2 Å². The van der Waals surface area contributed by atoms with Crippen molar-refractivity contribution >= 4 is 41.3 Å². The van der Waals surface area contributed by atoms with Gasteiger partial charge in [0, 0.05) is 44.6 Å². The van der Waals surface area contributed by atoms with E-state index in [9.17, 15) is 28.8 Å². The lowest BCUT2D eigenvalue weighted by Crippen LogP contribution is -2.55. The summed E-state index contributed by atoms with van der Waals surface area (Å²) >= 11 is 0. The number of esters is 3. The molecule has 0 aliphatic carbocycles. The van der Waals surface area contributed by atoms with Crippen molar-refractivity contribution < 1.29 is 43.0 Å². The molecule has 232 valence electrons. The van der Waals surface area contributed by atoms with Crippen LogP contribution < -0.4 is 10.6 Å². The first-order valence-electron chi connectivity index (χ1n) is 14.0. The SMILES string of the molecule is CCCN(CCC)C(=O)c1cccc(NC(=O)[C@H](OC(C)=O)C(OC(C)=O)C(=O)N[C@H](Cc2ccccc2)C(=O)OC)c1. The predicted molar refractivity (Wildman–Crippen MR) is 157 cm³/mol. The van der Waals surface area contributed by atoms with Crippen molar-refractivity contribution in [3.63, 3.8) is 0 Å². The van der Waals surface area contributed by atoms with E-state index < -0.39 is 48.0 Å². The fraction of sp³-hybridized carbons (Fsp3) is 0.419. The Morgan fingerprint density at radius 3 is 1.91 bits per heavy atom. The molecule has 3 atom stereocenters. The van der Waals surface area contributed by atoms with Gasteiger partial charge in [-0.2, -0.15) is 0 Å². The Balaban J connectivity index is 2.35. The molecule has 0 radical (unpaired) electrons. The molecule has 0 aliphatic rings. The zero-order chi connectivity index (χ0) is 31.9. The number of nitrogens with one attached hydrogen (secondary N) is 2. The van der Waals surface area contributed by atoms with Gasteiger partial charge in [0.1, 0.15) is 6.04 Å². The van der Waals surface area contributed by atoms with Crippen molar-refractivity contribution in [2.75, 3.05) is 25.5 Å². The van der Waals surface area contributed by atoms with Gasteiger partial charge in [0.25, 0.3) is 17.7 Å². The van der Waals surface area contributed by atoms with E-state index in [4.69, 9.17) is 14.2 Å². The average molecular weight is 598 g/mol. The van der Waals surface area contributed by atoms with Gasteiger partial charge < -0.3 is 29.7 Å². The number of anilines is 1. The summed E-state index contributed by atoms with van der Waals surface area (Å²) in [5.74, 6) is -4.95. The van der Waals surface area contributed by atoms with E-state index >= 15 is 0 Å². The molecular formula is C31H39N3O9. The minimum absolute atomic E-state index is 0.0321. The van der Waals surface area contributed by atoms with Gasteiger partial charge in [-0.05, 0) is 36.6 Å². The number of ether oxygens (including phenoxy) is 3. The highest BCUT2D eigenvalue weighted by molar-refractivity contribution is 6.02. The van der Waals surface area contributed by atoms with Crippen LogP contribution in [0.4, 0.5) is 5.69 Å². The van der Waals surface area contributed by atoms with Crippen LogP contribution >= 0.6 is 0 Å². The summed E-state index contributed by atoms with van der Waals surface area (Å²) in [6.07, 6.45) is -2.32. The number of benzene rings is 2. The van der Waals surface area contributed by atoms with Crippen LogP contribution in [0, 0.1) is 0 Å². The highest BCUT2D eigenvalue weighted by Gasteiger charge is 2.41. The maximum Gasteiger partial charge on any atom is 0.328 e. The fourth-order valence-corrected chi connectivity index (χ4v) is 4.28. The quantitative estimate of drug-likeness (QED) is 0.233. The van der Waals surface area contributed by atoms with Gasteiger partial charge in [-0.15, -0.1) is 0 Å². The minimum Gasteiger partial charge on any atom is -0.467 e. The molecule has 0 aliphatic heterocycles. The molecule has 0 fully saturated rings. The summed E-state index contributed by atoms with van der Waals surface area (Å²) in [5.41, 5.74) is 1.20. The molecular weight excluding hydrogens is 558 g/mol. The molecule has 3 amide bonds. The van der Waals surface area contributed by atoms with Crippen LogP contribution in [0.2, 0.25) is 0 Å². The van der Waals surface area contributed by atoms with Gasteiger partial charge in [0.15, 0.2) is 0 Å². The van der Waals surface area contributed by atoms with Gasteiger partial charge in [-0.25, -0.2) is 4.79 Å². The Kier molecular flexibility index (Phi) is 13.8. The van der Waals surface area contributed by atoms with Gasteiger partial charge in [0.05, 0.1) is 7.11 Å². The molecule has 2 N–H and O–H groups in total. The van der Waals surface area contributed by atoms with Crippen LogP contribution in [0.1, 0.15) is 56.5 Å². The second-order valence-electron chi connectivity index (χ2n) is 9.70. The first-order valence-corrected chi connectivity index (χ1v) is 14.0. The Bertz CT molecular complexity index is 1280. The van der Waals surface area contributed by atoms with E-state index in [0.717, 1.165) is 33.8 Å². The van der Waals surface area contributed by atoms with Crippen molar-refractivity contribution in [2.45, 2.75) is 65.2 Å². The van der Waals surface area contributed by atoms with Gasteiger partial charge in [-0.3, -0.25) is 24.0 Å². The number of hydrogen-bond donors (Lipinski definition) is 2. The second-order valence-corrected chi connectivity index (χ2v) is 9.70. The van der Waals surface area contributed by atoms with E-state index in [1.807, 2.05) is 13.8 Å². The molecule has 0 heterocycles. The molecule has 1 unspecified atom stereocenters. The number of rotatable bonds is 15. The number of nitrogens with zero attached hydrogens (tertiary/aromatic N) is 1. The lowest BCUT2D eigenvalue weighted by Gasteiger charge is -2.26. The second kappa shape index (κ2) is 17.3. The highest BCUT2D eigenvalue weighted by Crippen LogP contribution is 2.17. The monoisotopic (exact) mass is 597 g/mol. The minimum atomic E-state index is -1.96. The Morgan fingerprint density at radius 2 is 1.37 bits per heavy atom. The van der Waals surface area contributed by atoms with Crippen LogP contribution in [-0.2, 0) is 44.6 Å². The van der Waals surface area contributed by atoms with Gasteiger partial charge >= 0.3 is 17.9 Å². The summed E-state index contributed by atoms with van der Waals surface area (Å²) in [6, 6.07) is 13.7. The number of methoxy groups -OCH3 is 1.